The average molecular weight is 220 g/mol. The van der Waals surface area contributed by atoms with Crippen LogP contribution in [0.4, 0.5) is 0 Å². The number of carboxylic acids is 1. The first kappa shape index (κ1) is 11.1. The molecule has 86 valence electrons. The van der Waals surface area contributed by atoms with Gasteiger partial charge in [-0.15, -0.1) is 0 Å². The number of pyridine rings is 1. The monoisotopic (exact) mass is 220 g/mol. The highest BCUT2D eigenvalue weighted by Gasteiger charge is 2.11. The summed E-state index contributed by atoms with van der Waals surface area (Å²) in [5.41, 5.74) is 1.20. The van der Waals surface area contributed by atoms with E-state index in [1.165, 1.54) is 19.3 Å². The Hall–Kier alpha value is -1.42. The summed E-state index contributed by atoms with van der Waals surface area (Å²) in [5.74, 6) is -0.968. The molecule has 0 bridgehead atoms. The Labute approximate surface area is 94.9 Å². The first-order valence-corrected chi connectivity index (χ1v) is 5.66. The zero-order valence-corrected chi connectivity index (χ0v) is 9.22. The number of aromatic carboxylic acids is 1. The lowest BCUT2D eigenvalue weighted by molar-refractivity contribution is 0.0690. The highest BCUT2D eigenvalue weighted by molar-refractivity contribution is 5.85. The van der Waals surface area contributed by atoms with Crippen LogP contribution in [-0.4, -0.2) is 34.0 Å². The Morgan fingerprint density at radius 1 is 1.31 bits per heavy atom. The Morgan fingerprint density at radius 2 is 2.06 bits per heavy atom. The van der Waals surface area contributed by atoms with Gasteiger partial charge in [-0.1, -0.05) is 12.5 Å². The van der Waals surface area contributed by atoms with Crippen molar-refractivity contribution in [2.45, 2.75) is 25.8 Å². The maximum absolute atomic E-state index is 10.6. The molecule has 16 heavy (non-hydrogen) atoms. The summed E-state index contributed by atoms with van der Waals surface area (Å²) < 4.78 is 0. The zero-order chi connectivity index (χ0) is 11.4. The minimum absolute atomic E-state index is 0.113. The normalized spacial score (nSPS) is 17.2. The molecule has 1 fully saturated rings. The van der Waals surface area contributed by atoms with E-state index in [9.17, 15) is 4.79 Å². The van der Waals surface area contributed by atoms with Crippen LogP contribution < -0.4 is 0 Å². The number of rotatable bonds is 3. The van der Waals surface area contributed by atoms with Crippen molar-refractivity contribution in [2.24, 2.45) is 0 Å². The van der Waals surface area contributed by atoms with Crippen molar-refractivity contribution in [3.8, 4) is 0 Å². The lowest BCUT2D eigenvalue weighted by Gasteiger charge is -2.26. The molecule has 0 radical (unpaired) electrons. The summed E-state index contributed by atoms with van der Waals surface area (Å²) in [6, 6.07) is 3.42. The molecular weight excluding hydrogens is 204 g/mol. The fourth-order valence-electron chi connectivity index (χ4n) is 2.02. The molecule has 4 heteroatoms. The molecule has 0 amide bonds. The largest absolute Gasteiger partial charge is 0.477 e. The van der Waals surface area contributed by atoms with Crippen LogP contribution in [0.25, 0.3) is 0 Å². The topological polar surface area (TPSA) is 53.4 Å². The van der Waals surface area contributed by atoms with Crippen molar-refractivity contribution in [1.82, 2.24) is 9.88 Å². The summed E-state index contributed by atoms with van der Waals surface area (Å²) in [5, 5.41) is 8.72. The maximum atomic E-state index is 10.6. The van der Waals surface area contributed by atoms with E-state index in [1.54, 1.807) is 12.3 Å². The number of piperidine rings is 1. The van der Waals surface area contributed by atoms with Crippen molar-refractivity contribution >= 4 is 5.97 Å². The van der Waals surface area contributed by atoms with Gasteiger partial charge in [0.15, 0.2) is 0 Å². The molecule has 2 rings (SSSR count). The molecule has 0 saturated carbocycles. The zero-order valence-electron chi connectivity index (χ0n) is 9.22. The molecule has 0 aromatic carbocycles. The molecule has 1 saturated heterocycles. The summed E-state index contributed by atoms with van der Waals surface area (Å²) in [4.78, 5) is 16.9. The van der Waals surface area contributed by atoms with Crippen LogP contribution in [0.2, 0.25) is 0 Å². The van der Waals surface area contributed by atoms with Gasteiger partial charge in [-0.05, 0) is 37.6 Å². The van der Waals surface area contributed by atoms with Crippen molar-refractivity contribution in [3.05, 3.63) is 29.6 Å². The number of carboxylic acid groups (broad SMARTS) is 1. The molecule has 1 N–H and O–H groups in total. The number of carbonyl (C=O) groups is 1. The second-order valence-electron chi connectivity index (χ2n) is 4.19. The van der Waals surface area contributed by atoms with Gasteiger partial charge in [-0.25, -0.2) is 9.78 Å². The van der Waals surface area contributed by atoms with Crippen LogP contribution in [-0.2, 0) is 6.54 Å². The third-order valence-corrected chi connectivity index (χ3v) is 2.90. The summed E-state index contributed by atoms with van der Waals surface area (Å²) >= 11 is 0. The second kappa shape index (κ2) is 5.07. The highest BCUT2D eigenvalue weighted by Crippen LogP contribution is 2.12. The van der Waals surface area contributed by atoms with Crippen LogP contribution in [0.15, 0.2) is 18.3 Å². The maximum Gasteiger partial charge on any atom is 0.354 e. The van der Waals surface area contributed by atoms with Crippen LogP contribution in [0, 0.1) is 0 Å². The molecule has 1 aliphatic heterocycles. The van der Waals surface area contributed by atoms with E-state index in [1.807, 2.05) is 6.07 Å². The van der Waals surface area contributed by atoms with Crippen LogP contribution in [0.5, 0.6) is 0 Å². The van der Waals surface area contributed by atoms with E-state index in [0.717, 1.165) is 25.2 Å². The fourth-order valence-corrected chi connectivity index (χ4v) is 2.02. The van der Waals surface area contributed by atoms with E-state index in [4.69, 9.17) is 5.11 Å². The van der Waals surface area contributed by atoms with Crippen molar-refractivity contribution in [1.29, 1.82) is 0 Å². The van der Waals surface area contributed by atoms with Gasteiger partial charge in [0.05, 0.1) is 0 Å². The molecule has 0 aliphatic carbocycles. The predicted octanol–water partition coefficient (Wildman–Crippen LogP) is 1.77. The van der Waals surface area contributed by atoms with Crippen LogP contribution >= 0.6 is 0 Å². The van der Waals surface area contributed by atoms with Gasteiger partial charge in [0.2, 0.25) is 0 Å². The predicted molar refractivity (Wildman–Crippen MR) is 60.3 cm³/mol. The van der Waals surface area contributed by atoms with Crippen molar-refractivity contribution in [2.75, 3.05) is 13.1 Å². The third-order valence-electron chi connectivity index (χ3n) is 2.90. The number of hydrogen-bond acceptors (Lipinski definition) is 3. The first-order chi connectivity index (χ1) is 7.75. The van der Waals surface area contributed by atoms with Crippen molar-refractivity contribution in [3.63, 3.8) is 0 Å². The van der Waals surface area contributed by atoms with E-state index in [0.29, 0.717) is 0 Å². The van der Waals surface area contributed by atoms with Crippen molar-refractivity contribution < 1.29 is 9.90 Å². The molecule has 0 unspecified atom stereocenters. The standard InChI is InChI=1S/C12H16N2O2/c15-12(16)11-5-4-10(8-13-11)9-14-6-2-1-3-7-14/h4-5,8H,1-3,6-7,9H2,(H,15,16). The second-order valence-corrected chi connectivity index (χ2v) is 4.19. The molecular formula is C12H16N2O2. The fraction of sp³-hybridized carbons (Fsp3) is 0.500. The Balaban J connectivity index is 1.96. The van der Waals surface area contributed by atoms with Gasteiger partial charge < -0.3 is 5.11 Å². The summed E-state index contributed by atoms with van der Waals surface area (Å²) in [7, 11) is 0. The van der Waals surface area contributed by atoms with Gasteiger partial charge in [-0.2, -0.15) is 0 Å². The molecule has 1 aromatic rings. The van der Waals surface area contributed by atoms with E-state index >= 15 is 0 Å². The Bertz CT molecular complexity index is 356. The summed E-state index contributed by atoms with van der Waals surface area (Å²) in [6.45, 7) is 3.16. The third kappa shape index (κ3) is 2.79. The van der Waals surface area contributed by atoms with Crippen LogP contribution in [0.3, 0.4) is 0 Å². The molecule has 1 aromatic heterocycles. The van der Waals surface area contributed by atoms with Crippen LogP contribution in [0.1, 0.15) is 35.3 Å². The molecule has 2 heterocycles. The van der Waals surface area contributed by atoms with Gasteiger partial charge in [0.1, 0.15) is 5.69 Å². The van der Waals surface area contributed by atoms with Gasteiger partial charge >= 0.3 is 5.97 Å². The first-order valence-electron chi connectivity index (χ1n) is 5.66. The van der Waals surface area contributed by atoms with Gasteiger partial charge in [0, 0.05) is 12.7 Å². The lowest BCUT2D eigenvalue weighted by Crippen LogP contribution is -2.29. The minimum Gasteiger partial charge on any atom is -0.477 e. The molecule has 4 nitrogen and oxygen atoms in total. The Morgan fingerprint density at radius 3 is 2.62 bits per heavy atom. The smallest absolute Gasteiger partial charge is 0.354 e. The van der Waals surface area contributed by atoms with E-state index in [2.05, 4.69) is 9.88 Å². The van der Waals surface area contributed by atoms with Gasteiger partial charge in [0.25, 0.3) is 0 Å². The van der Waals surface area contributed by atoms with Gasteiger partial charge in [-0.3, -0.25) is 4.90 Å². The number of aromatic nitrogens is 1. The molecule has 0 spiro atoms. The highest BCUT2D eigenvalue weighted by atomic mass is 16.4. The SMILES string of the molecule is O=C(O)c1ccc(CN2CCCCC2)cn1. The quantitative estimate of drug-likeness (QED) is 0.843. The lowest BCUT2D eigenvalue weighted by atomic mass is 10.1. The molecule has 0 atom stereocenters. The molecule has 1 aliphatic rings. The Kier molecular flexibility index (Phi) is 3.51. The minimum atomic E-state index is -0.968. The average Bonchev–Trinajstić information content (AvgIpc) is 2.31. The number of likely N-dealkylation sites (tertiary alicyclic amines) is 1. The number of nitrogens with zero attached hydrogens (tertiary/aromatic N) is 2. The van der Waals surface area contributed by atoms with E-state index in [-0.39, 0.29) is 5.69 Å². The van der Waals surface area contributed by atoms with E-state index < -0.39 is 5.97 Å². The number of hydrogen-bond donors (Lipinski definition) is 1. The summed E-state index contributed by atoms with van der Waals surface area (Å²) in [6.07, 6.45) is 5.52.